The molecule has 1 aromatic heterocycles. The molecule has 16 heteroatoms. The summed E-state index contributed by atoms with van der Waals surface area (Å²) < 4.78 is 139. The molecule has 0 bridgehead atoms. The summed E-state index contributed by atoms with van der Waals surface area (Å²) in [4.78, 5) is 0. The number of ether oxygens (including phenoxy) is 6. The van der Waals surface area contributed by atoms with Gasteiger partial charge in [-0.15, -0.1) is 24.5 Å². The summed E-state index contributed by atoms with van der Waals surface area (Å²) in [6.07, 6.45) is -22.1. The van der Waals surface area contributed by atoms with E-state index in [1.54, 1.807) is 0 Å². The number of hydrogen-bond donors (Lipinski definition) is 0. The predicted octanol–water partition coefficient (Wildman–Crippen LogP) is 5.81. The van der Waals surface area contributed by atoms with Gasteiger partial charge in [0, 0.05) is 24.0 Å². The van der Waals surface area contributed by atoms with E-state index in [2.05, 4.69) is 9.47 Å². The molecule has 1 aromatic rings. The fraction of sp³-hybridized carbons (Fsp3) is 0.778. The van der Waals surface area contributed by atoms with Crippen LogP contribution in [0.25, 0.3) is 0 Å². The maximum Gasteiger partial charge on any atom is 0.527 e. The van der Waals surface area contributed by atoms with Gasteiger partial charge in [0.1, 0.15) is 13.2 Å². The van der Waals surface area contributed by atoms with Crippen molar-refractivity contribution in [1.29, 1.82) is 0 Å². The van der Waals surface area contributed by atoms with Crippen LogP contribution in [-0.4, -0.2) is 63.8 Å². The lowest BCUT2D eigenvalue weighted by Crippen LogP contribution is -2.51. The molecule has 0 aliphatic carbocycles. The van der Waals surface area contributed by atoms with E-state index in [1.165, 1.54) is 11.3 Å². The minimum atomic E-state index is -6.38. The van der Waals surface area contributed by atoms with Gasteiger partial charge < -0.3 is 18.9 Å². The Kier molecular flexibility index (Phi) is 10.1. The molecule has 1 aliphatic rings. The molecule has 1 atom stereocenters. The second-order valence-electron chi connectivity index (χ2n) is 7.01. The fourth-order valence-electron chi connectivity index (χ4n) is 2.59. The maximum absolute atomic E-state index is 13.3. The monoisotopic (exact) mass is 536 g/mol. The number of unbranched alkanes of at least 4 members (excludes halogenated alkanes) is 3. The van der Waals surface area contributed by atoms with E-state index in [9.17, 15) is 39.5 Å². The Labute approximate surface area is 191 Å². The Morgan fingerprint density at radius 1 is 0.794 bits per heavy atom. The zero-order chi connectivity index (χ0) is 25.5. The normalized spacial score (nSPS) is 17.3. The number of fused-ring (bicyclic) bond motifs is 1. The van der Waals surface area contributed by atoms with Crippen LogP contribution in [0, 0.1) is 0 Å². The SMILES string of the molecule is FC(F)(F)OC(F)(F)C(F)(F)OC(F)(F)COCCCCCCOCC1COc2cscc2O1. The summed E-state index contributed by atoms with van der Waals surface area (Å²) >= 11 is 1.45. The number of rotatable bonds is 15. The van der Waals surface area contributed by atoms with Gasteiger partial charge in [-0.2, -0.15) is 26.3 Å². The Morgan fingerprint density at radius 2 is 1.38 bits per heavy atom. The summed E-state index contributed by atoms with van der Waals surface area (Å²) in [6, 6.07) is 0. The maximum atomic E-state index is 13.3. The Bertz CT molecular complexity index is 744. The van der Waals surface area contributed by atoms with E-state index in [1.807, 2.05) is 15.5 Å². The lowest BCUT2D eigenvalue weighted by molar-refractivity contribution is -0.530. The van der Waals surface area contributed by atoms with Gasteiger partial charge in [0.15, 0.2) is 17.6 Å². The third kappa shape index (κ3) is 9.64. The van der Waals surface area contributed by atoms with Gasteiger partial charge in [-0.05, 0) is 12.8 Å². The van der Waals surface area contributed by atoms with Crippen molar-refractivity contribution in [3.63, 3.8) is 0 Å². The average molecular weight is 536 g/mol. The standard InChI is InChI=1S/C18H21F9O6S/c19-15(20,32-16(21,22)17(23,24)33-18(25,26)27)11-29-6-4-2-1-3-5-28-7-12-8-30-13-9-34-10-14(13)31-12/h9-10,12H,1-8,11H2. The minimum absolute atomic E-state index is 0.223. The second kappa shape index (κ2) is 12.0. The molecule has 0 saturated carbocycles. The summed E-state index contributed by atoms with van der Waals surface area (Å²) in [5, 5.41) is 3.64. The molecule has 2 heterocycles. The van der Waals surface area contributed by atoms with Gasteiger partial charge in [0.2, 0.25) is 0 Å². The van der Waals surface area contributed by atoms with Gasteiger partial charge in [0.25, 0.3) is 0 Å². The first-order chi connectivity index (χ1) is 15.7. The van der Waals surface area contributed by atoms with Crippen LogP contribution in [0.3, 0.4) is 0 Å². The van der Waals surface area contributed by atoms with Crippen molar-refractivity contribution in [2.24, 2.45) is 0 Å². The fourth-order valence-corrected chi connectivity index (χ4v) is 3.26. The highest BCUT2D eigenvalue weighted by molar-refractivity contribution is 7.08. The molecule has 198 valence electrons. The van der Waals surface area contributed by atoms with Crippen LogP contribution in [0.5, 0.6) is 11.5 Å². The Morgan fingerprint density at radius 3 is 2.03 bits per heavy atom. The zero-order valence-electron chi connectivity index (χ0n) is 17.4. The number of alkyl halides is 9. The lowest BCUT2D eigenvalue weighted by atomic mass is 10.2. The molecule has 1 aliphatic heterocycles. The summed E-state index contributed by atoms with van der Waals surface area (Å²) in [7, 11) is 0. The van der Waals surface area contributed by atoms with Crippen LogP contribution >= 0.6 is 11.3 Å². The van der Waals surface area contributed by atoms with Crippen molar-refractivity contribution < 1.29 is 67.9 Å². The van der Waals surface area contributed by atoms with Crippen LogP contribution in [0.2, 0.25) is 0 Å². The molecule has 0 N–H and O–H groups in total. The molecule has 0 amide bonds. The van der Waals surface area contributed by atoms with Crippen LogP contribution in [-0.2, 0) is 18.9 Å². The van der Waals surface area contributed by atoms with Crippen LogP contribution in [0.15, 0.2) is 10.8 Å². The number of hydrogen-bond acceptors (Lipinski definition) is 7. The second-order valence-corrected chi connectivity index (χ2v) is 7.76. The summed E-state index contributed by atoms with van der Waals surface area (Å²) in [5.41, 5.74) is 0. The van der Waals surface area contributed by atoms with E-state index in [0.29, 0.717) is 50.6 Å². The topological polar surface area (TPSA) is 55.4 Å². The molecular formula is C18H21F9O6S. The molecule has 0 fully saturated rings. The molecule has 0 saturated heterocycles. The zero-order valence-corrected chi connectivity index (χ0v) is 18.2. The third-order valence-corrected chi connectivity index (χ3v) is 4.77. The van der Waals surface area contributed by atoms with Crippen LogP contribution in [0.4, 0.5) is 39.5 Å². The van der Waals surface area contributed by atoms with Crippen molar-refractivity contribution in [1.82, 2.24) is 0 Å². The average Bonchev–Trinajstić information content (AvgIpc) is 3.14. The van der Waals surface area contributed by atoms with E-state index in [-0.39, 0.29) is 19.1 Å². The molecule has 2 rings (SSSR count). The van der Waals surface area contributed by atoms with Crippen molar-refractivity contribution in [2.75, 3.05) is 33.0 Å². The van der Waals surface area contributed by atoms with Gasteiger partial charge in [-0.3, -0.25) is 0 Å². The first-order valence-corrected chi connectivity index (χ1v) is 10.8. The molecule has 6 nitrogen and oxygen atoms in total. The first-order valence-electron chi connectivity index (χ1n) is 9.82. The largest absolute Gasteiger partial charge is 0.527 e. The smallest absolute Gasteiger partial charge is 0.485 e. The Hall–Kier alpha value is -1.49. The third-order valence-electron chi connectivity index (χ3n) is 4.07. The van der Waals surface area contributed by atoms with Gasteiger partial charge in [0.05, 0.1) is 6.61 Å². The van der Waals surface area contributed by atoms with Crippen molar-refractivity contribution in [3.05, 3.63) is 10.8 Å². The molecule has 0 radical (unpaired) electrons. The summed E-state index contributed by atoms with van der Waals surface area (Å²) in [5.74, 6) is 1.35. The molecule has 0 spiro atoms. The predicted molar refractivity (Wildman–Crippen MR) is 97.4 cm³/mol. The van der Waals surface area contributed by atoms with Gasteiger partial charge in [-0.1, -0.05) is 12.8 Å². The van der Waals surface area contributed by atoms with E-state index in [4.69, 9.17) is 14.2 Å². The van der Waals surface area contributed by atoms with Crippen molar-refractivity contribution >= 4 is 11.3 Å². The highest BCUT2D eigenvalue weighted by atomic mass is 32.1. The lowest BCUT2D eigenvalue weighted by Gasteiger charge is -2.29. The number of halogens is 9. The van der Waals surface area contributed by atoms with Crippen LogP contribution < -0.4 is 9.47 Å². The minimum Gasteiger partial charge on any atom is -0.485 e. The van der Waals surface area contributed by atoms with Gasteiger partial charge >= 0.3 is 24.7 Å². The van der Waals surface area contributed by atoms with E-state index >= 15 is 0 Å². The summed E-state index contributed by atoms with van der Waals surface area (Å²) in [6.45, 7) is -1.16. The Balaban J connectivity index is 1.51. The molecule has 1 unspecified atom stereocenters. The number of thiophene rings is 1. The highest BCUT2D eigenvalue weighted by Gasteiger charge is 2.67. The molecule has 34 heavy (non-hydrogen) atoms. The quantitative estimate of drug-likeness (QED) is 0.208. The van der Waals surface area contributed by atoms with E-state index < -0.39 is 31.3 Å². The molecule has 0 aromatic carbocycles. The van der Waals surface area contributed by atoms with Crippen molar-refractivity contribution in [2.45, 2.75) is 56.5 Å². The van der Waals surface area contributed by atoms with Crippen LogP contribution in [0.1, 0.15) is 25.7 Å². The first kappa shape index (κ1) is 28.7. The van der Waals surface area contributed by atoms with Crippen molar-refractivity contribution in [3.8, 4) is 11.5 Å². The highest BCUT2D eigenvalue weighted by Crippen LogP contribution is 2.43. The molecular weight excluding hydrogens is 515 g/mol. The van der Waals surface area contributed by atoms with E-state index in [0.717, 1.165) is 0 Å². The van der Waals surface area contributed by atoms with Gasteiger partial charge in [-0.25, -0.2) is 9.47 Å².